The van der Waals surface area contributed by atoms with Gasteiger partial charge < -0.3 is 15.0 Å². The molecule has 0 saturated carbocycles. The molecule has 0 aliphatic carbocycles. The third-order valence-electron chi connectivity index (χ3n) is 4.61. The normalized spacial score (nSPS) is 20.2. The average Bonchev–Trinajstić information content (AvgIpc) is 2.62. The van der Waals surface area contributed by atoms with E-state index in [0.717, 1.165) is 0 Å². The number of alkyl halides is 3. The van der Waals surface area contributed by atoms with Crippen molar-refractivity contribution in [2.75, 3.05) is 18.0 Å². The number of aromatic nitrogens is 1. The predicted octanol–water partition coefficient (Wildman–Crippen LogP) is 5.60. The maximum absolute atomic E-state index is 14.8. The van der Waals surface area contributed by atoms with E-state index >= 15 is 0 Å². The number of piperidine rings is 1. The van der Waals surface area contributed by atoms with Crippen LogP contribution in [0.1, 0.15) is 36.6 Å². The van der Waals surface area contributed by atoms with Gasteiger partial charge in [-0.05, 0) is 51.5 Å². The summed E-state index contributed by atoms with van der Waals surface area (Å²) in [5, 5.41) is 3.00. The zero-order chi connectivity index (χ0) is 21.3. The molecule has 1 N–H and O–H groups in total. The summed E-state index contributed by atoms with van der Waals surface area (Å²) in [4.78, 5) is 18.4. The van der Waals surface area contributed by atoms with Gasteiger partial charge in [-0.1, -0.05) is 31.9 Å². The number of amides is 1. The molecule has 3 rings (SSSR count). The highest BCUT2D eigenvalue weighted by Gasteiger charge is 2.32. The Labute approximate surface area is 185 Å². The van der Waals surface area contributed by atoms with Gasteiger partial charge in [0.25, 0.3) is 0 Å². The lowest BCUT2D eigenvalue weighted by atomic mass is 10.0. The van der Waals surface area contributed by atoms with Crippen LogP contribution in [-0.2, 0) is 4.74 Å². The van der Waals surface area contributed by atoms with Crippen molar-refractivity contribution in [3.63, 3.8) is 0 Å². The Bertz CT molecular complexity index is 905. The number of nitrogens with zero attached hydrogens (tertiary/aromatic N) is 2. The van der Waals surface area contributed by atoms with Gasteiger partial charge in [-0.25, -0.2) is 18.6 Å². The molecule has 2 atom stereocenters. The Balaban J connectivity index is 1.79. The number of carbonyl (C=O) groups excluding carboxylic acids is 1. The first-order chi connectivity index (χ1) is 13.5. The summed E-state index contributed by atoms with van der Waals surface area (Å²) in [5.41, 5.74) is 1.21. The van der Waals surface area contributed by atoms with Crippen LogP contribution in [-0.4, -0.2) is 42.0 Å². The van der Waals surface area contributed by atoms with Crippen LogP contribution in [0.3, 0.4) is 0 Å². The van der Waals surface area contributed by atoms with E-state index in [0.29, 0.717) is 35.2 Å². The van der Waals surface area contributed by atoms with E-state index < -0.39 is 23.9 Å². The lowest BCUT2D eigenvalue weighted by molar-refractivity contribution is 0.0463. The van der Waals surface area contributed by atoms with E-state index in [2.05, 4.69) is 42.2 Å². The number of hydrogen-bond acceptors (Lipinski definition) is 4. The molecule has 1 aromatic heterocycles. The van der Waals surface area contributed by atoms with Crippen LogP contribution in [0.15, 0.2) is 24.3 Å². The summed E-state index contributed by atoms with van der Waals surface area (Å²) < 4.78 is 34.2. The van der Waals surface area contributed by atoms with Gasteiger partial charge in [0.15, 0.2) is 0 Å². The van der Waals surface area contributed by atoms with Crippen molar-refractivity contribution in [2.45, 2.75) is 48.7 Å². The second kappa shape index (κ2) is 8.71. The third kappa shape index (κ3) is 5.36. The van der Waals surface area contributed by atoms with Crippen molar-refractivity contribution in [2.24, 2.45) is 0 Å². The van der Waals surface area contributed by atoms with Crippen LogP contribution in [0.2, 0.25) is 0 Å². The Morgan fingerprint density at radius 1 is 1.31 bits per heavy atom. The molecule has 1 aliphatic rings. The molecule has 0 spiro atoms. The van der Waals surface area contributed by atoms with Crippen LogP contribution < -0.4 is 10.2 Å². The largest absolute Gasteiger partial charge is 0.444 e. The number of anilines is 1. The SMILES string of the molecule is CC(C)(C)OC(=O)NC1CCN(c2ccc(F)c3ccc(C(Br)Br)nc23)CC1F. The van der Waals surface area contributed by atoms with Crippen molar-refractivity contribution in [3.8, 4) is 0 Å². The van der Waals surface area contributed by atoms with Crippen LogP contribution in [0, 0.1) is 5.82 Å². The zero-order valence-electron chi connectivity index (χ0n) is 16.4. The average molecular weight is 535 g/mol. The molecule has 5 nitrogen and oxygen atoms in total. The summed E-state index contributed by atoms with van der Waals surface area (Å²) in [6, 6.07) is 5.77. The van der Waals surface area contributed by atoms with Crippen molar-refractivity contribution >= 4 is 54.5 Å². The monoisotopic (exact) mass is 533 g/mol. The molecule has 2 heterocycles. The third-order valence-corrected chi connectivity index (χ3v) is 5.55. The van der Waals surface area contributed by atoms with Crippen LogP contribution >= 0.6 is 31.9 Å². The number of rotatable bonds is 3. The smallest absolute Gasteiger partial charge is 0.407 e. The fraction of sp³-hybridized carbons (Fsp3) is 0.500. The van der Waals surface area contributed by atoms with E-state index in [1.807, 2.05) is 4.90 Å². The van der Waals surface area contributed by atoms with Gasteiger partial charge in [-0.2, -0.15) is 0 Å². The standard InChI is InChI=1S/C20H23Br2F2N3O2/c1-20(2,3)29-19(28)26-14-8-9-27(10-13(14)24)16-7-5-12(23)11-4-6-15(18(21)22)25-17(11)16/h4-7,13-14,18H,8-10H2,1-3H3,(H,26,28). The first kappa shape index (κ1) is 22.2. The number of halogens is 4. The first-order valence-corrected chi connectivity index (χ1v) is 11.1. The highest BCUT2D eigenvalue weighted by molar-refractivity contribution is 9.24. The van der Waals surface area contributed by atoms with E-state index in [-0.39, 0.29) is 16.1 Å². The molecule has 1 fully saturated rings. The highest BCUT2D eigenvalue weighted by Crippen LogP contribution is 2.34. The quantitative estimate of drug-likeness (QED) is 0.520. The number of hydrogen-bond donors (Lipinski definition) is 1. The number of ether oxygens (including phenoxy) is 1. The second-order valence-electron chi connectivity index (χ2n) is 8.00. The van der Waals surface area contributed by atoms with Gasteiger partial charge in [-0.15, -0.1) is 0 Å². The van der Waals surface area contributed by atoms with Gasteiger partial charge in [0.2, 0.25) is 0 Å². The Morgan fingerprint density at radius 2 is 2.03 bits per heavy atom. The van der Waals surface area contributed by atoms with Gasteiger partial charge in [0.1, 0.15) is 21.3 Å². The molecule has 2 unspecified atom stereocenters. The number of alkyl carbamates (subject to hydrolysis) is 1. The van der Waals surface area contributed by atoms with E-state index in [9.17, 15) is 13.6 Å². The fourth-order valence-corrected chi connectivity index (χ4v) is 3.81. The summed E-state index contributed by atoms with van der Waals surface area (Å²) in [7, 11) is 0. The molecule has 1 aromatic carbocycles. The van der Waals surface area contributed by atoms with Crippen molar-refractivity contribution in [1.82, 2.24) is 10.3 Å². The topological polar surface area (TPSA) is 54.5 Å². The maximum atomic E-state index is 14.8. The lowest BCUT2D eigenvalue weighted by Gasteiger charge is -2.37. The second-order valence-corrected chi connectivity index (χ2v) is 11.1. The summed E-state index contributed by atoms with van der Waals surface area (Å²) >= 11 is 6.81. The summed E-state index contributed by atoms with van der Waals surface area (Å²) in [5.74, 6) is -0.373. The zero-order valence-corrected chi connectivity index (χ0v) is 19.6. The van der Waals surface area contributed by atoms with Crippen molar-refractivity contribution < 1.29 is 18.3 Å². The number of benzene rings is 1. The van der Waals surface area contributed by atoms with E-state index in [4.69, 9.17) is 4.74 Å². The minimum Gasteiger partial charge on any atom is -0.444 e. The maximum Gasteiger partial charge on any atom is 0.407 e. The van der Waals surface area contributed by atoms with Gasteiger partial charge in [0.05, 0.1) is 29.5 Å². The molecule has 1 saturated heterocycles. The molecule has 29 heavy (non-hydrogen) atoms. The Kier molecular flexibility index (Phi) is 6.67. The summed E-state index contributed by atoms with van der Waals surface area (Å²) in [6.45, 7) is 5.84. The van der Waals surface area contributed by atoms with Crippen LogP contribution in [0.4, 0.5) is 19.3 Å². The predicted molar refractivity (Wildman–Crippen MR) is 117 cm³/mol. The lowest BCUT2D eigenvalue weighted by Crippen LogP contribution is -2.53. The van der Waals surface area contributed by atoms with Crippen LogP contribution in [0.25, 0.3) is 10.9 Å². The van der Waals surface area contributed by atoms with E-state index in [1.54, 1.807) is 39.0 Å². The number of carbonyl (C=O) groups is 1. The number of fused-ring (bicyclic) bond motifs is 1. The molecule has 158 valence electrons. The number of nitrogens with one attached hydrogen (secondary N) is 1. The van der Waals surface area contributed by atoms with E-state index in [1.165, 1.54) is 6.07 Å². The molecule has 0 radical (unpaired) electrons. The molecular formula is C20H23Br2F2N3O2. The minimum atomic E-state index is -1.29. The Hall–Kier alpha value is -1.48. The molecule has 0 bridgehead atoms. The van der Waals surface area contributed by atoms with Gasteiger partial charge >= 0.3 is 6.09 Å². The highest BCUT2D eigenvalue weighted by atomic mass is 79.9. The molecule has 1 amide bonds. The molecule has 1 aliphatic heterocycles. The summed E-state index contributed by atoms with van der Waals surface area (Å²) in [6.07, 6.45) is -1.52. The van der Waals surface area contributed by atoms with Gasteiger partial charge in [0, 0.05) is 11.9 Å². The van der Waals surface area contributed by atoms with Crippen LogP contribution in [0.5, 0.6) is 0 Å². The van der Waals surface area contributed by atoms with Gasteiger partial charge in [-0.3, -0.25) is 0 Å². The molecule has 9 heteroatoms. The van der Waals surface area contributed by atoms with Crippen molar-refractivity contribution in [3.05, 3.63) is 35.8 Å². The Morgan fingerprint density at radius 3 is 2.66 bits per heavy atom. The number of pyridine rings is 1. The van der Waals surface area contributed by atoms with Crippen molar-refractivity contribution in [1.29, 1.82) is 0 Å². The minimum absolute atomic E-state index is 0.0686. The molecule has 2 aromatic rings. The molecular weight excluding hydrogens is 512 g/mol. The fourth-order valence-electron chi connectivity index (χ4n) is 3.30. The first-order valence-electron chi connectivity index (χ1n) is 9.31.